The highest BCUT2D eigenvalue weighted by Gasteiger charge is 2.07. The summed E-state index contributed by atoms with van der Waals surface area (Å²) in [6.07, 6.45) is 2.23. The maximum Gasteiger partial charge on any atom is 0.330 e. The van der Waals surface area contributed by atoms with Crippen molar-refractivity contribution >= 4 is 11.9 Å². The molecular formula is C22H22O5. The lowest BCUT2D eigenvalue weighted by molar-refractivity contribution is -0.139. The number of para-hydroxylation sites is 1. The summed E-state index contributed by atoms with van der Waals surface area (Å²) >= 11 is 0. The Morgan fingerprint density at radius 3 is 1.96 bits per heavy atom. The molecule has 0 radical (unpaired) electrons. The van der Waals surface area contributed by atoms with Gasteiger partial charge in [-0.05, 0) is 23.8 Å². The van der Waals surface area contributed by atoms with Crippen molar-refractivity contribution in [2.75, 3.05) is 0 Å². The Bertz CT molecular complexity index is 778. The molecule has 5 heteroatoms. The molecule has 0 spiro atoms. The topological polar surface area (TPSA) is 61.8 Å². The highest BCUT2D eigenvalue weighted by molar-refractivity contribution is 5.81. The number of carbonyl (C=O) groups excluding carboxylic acids is 2. The fraction of sp³-hybridized carbons (Fsp3) is 0.0909. The standard InChI is InChI=1S/C20H18O5.C2H4/c1-3-19(21)23-13-15-9-11-17(12-10-15)25-18-8-6-5-7-16(18)14-24-20(22)4-2;1-2/h3-12H,1-2,13-14H2;1-2H2. The molecule has 0 aromatic heterocycles. The minimum Gasteiger partial charge on any atom is -0.458 e. The van der Waals surface area contributed by atoms with E-state index in [-0.39, 0.29) is 13.2 Å². The molecule has 27 heavy (non-hydrogen) atoms. The molecule has 0 saturated carbocycles. The van der Waals surface area contributed by atoms with Crippen LogP contribution in [0, 0.1) is 0 Å². The second-order valence-corrected chi connectivity index (χ2v) is 4.98. The minimum atomic E-state index is -0.492. The number of hydrogen-bond donors (Lipinski definition) is 0. The maximum absolute atomic E-state index is 11.2. The van der Waals surface area contributed by atoms with Gasteiger partial charge in [0.2, 0.25) is 0 Å². The van der Waals surface area contributed by atoms with Crippen LogP contribution in [0.1, 0.15) is 11.1 Å². The highest BCUT2D eigenvalue weighted by Crippen LogP contribution is 2.26. The molecule has 0 amide bonds. The third-order valence-electron chi connectivity index (χ3n) is 3.21. The van der Waals surface area contributed by atoms with Crippen molar-refractivity contribution in [3.63, 3.8) is 0 Å². The molecule has 2 rings (SSSR count). The Kier molecular flexibility index (Phi) is 9.43. The zero-order valence-electron chi connectivity index (χ0n) is 15.1. The van der Waals surface area contributed by atoms with Crippen molar-refractivity contribution < 1.29 is 23.8 Å². The van der Waals surface area contributed by atoms with Gasteiger partial charge in [0.25, 0.3) is 0 Å². The van der Waals surface area contributed by atoms with Crippen LogP contribution in [0.4, 0.5) is 0 Å². The summed E-state index contributed by atoms with van der Waals surface area (Å²) in [5.74, 6) is 0.239. The molecule has 2 aromatic carbocycles. The van der Waals surface area contributed by atoms with Crippen molar-refractivity contribution in [1.82, 2.24) is 0 Å². The number of ether oxygens (including phenoxy) is 3. The average molecular weight is 366 g/mol. The van der Waals surface area contributed by atoms with Gasteiger partial charge in [-0.15, -0.1) is 13.2 Å². The zero-order chi connectivity index (χ0) is 20.1. The van der Waals surface area contributed by atoms with E-state index in [1.165, 1.54) is 0 Å². The Balaban J connectivity index is 0.00000176. The first-order valence-corrected chi connectivity index (χ1v) is 8.05. The fourth-order valence-corrected chi connectivity index (χ4v) is 1.92. The van der Waals surface area contributed by atoms with E-state index in [0.29, 0.717) is 11.5 Å². The number of hydrogen-bond acceptors (Lipinski definition) is 5. The second kappa shape index (κ2) is 11.9. The lowest BCUT2D eigenvalue weighted by Crippen LogP contribution is -2.02. The minimum absolute atomic E-state index is 0.0939. The van der Waals surface area contributed by atoms with Crippen molar-refractivity contribution in [3.8, 4) is 11.5 Å². The van der Waals surface area contributed by atoms with Gasteiger partial charge in [-0.1, -0.05) is 43.5 Å². The lowest BCUT2D eigenvalue weighted by Gasteiger charge is -2.11. The summed E-state index contributed by atoms with van der Waals surface area (Å²) in [7, 11) is 0. The molecule has 0 unspecified atom stereocenters. The van der Waals surface area contributed by atoms with Crippen molar-refractivity contribution in [1.29, 1.82) is 0 Å². The molecule has 5 nitrogen and oxygen atoms in total. The molecule has 0 aliphatic carbocycles. The van der Waals surface area contributed by atoms with Crippen LogP contribution < -0.4 is 4.74 Å². The van der Waals surface area contributed by atoms with Gasteiger partial charge in [0.05, 0.1) is 0 Å². The van der Waals surface area contributed by atoms with Crippen LogP contribution in [-0.4, -0.2) is 11.9 Å². The highest BCUT2D eigenvalue weighted by atomic mass is 16.5. The SMILES string of the molecule is C=C.C=CC(=O)OCc1ccc(Oc2ccccc2COC(=O)C=C)cc1. The third kappa shape index (κ3) is 7.44. The summed E-state index contributed by atoms with van der Waals surface area (Å²) in [5, 5.41) is 0. The molecule has 140 valence electrons. The van der Waals surface area contributed by atoms with Gasteiger partial charge >= 0.3 is 11.9 Å². The summed E-state index contributed by atoms with van der Waals surface area (Å²) in [4.78, 5) is 22.3. The molecule has 0 saturated heterocycles. The third-order valence-corrected chi connectivity index (χ3v) is 3.21. The van der Waals surface area contributed by atoms with Crippen LogP contribution in [-0.2, 0) is 32.3 Å². The second-order valence-electron chi connectivity index (χ2n) is 4.98. The van der Waals surface area contributed by atoms with Crippen LogP contribution in [0.5, 0.6) is 11.5 Å². The van der Waals surface area contributed by atoms with Gasteiger partial charge < -0.3 is 14.2 Å². The van der Waals surface area contributed by atoms with Gasteiger partial charge in [-0.25, -0.2) is 9.59 Å². The molecule has 2 aromatic rings. The molecule has 0 bridgehead atoms. The lowest BCUT2D eigenvalue weighted by atomic mass is 10.2. The summed E-state index contributed by atoms with van der Waals surface area (Å²) in [6, 6.07) is 14.4. The van der Waals surface area contributed by atoms with Gasteiger partial charge in [0.1, 0.15) is 24.7 Å². The summed E-state index contributed by atoms with van der Waals surface area (Å²) in [5.41, 5.74) is 1.57. The molecule has 0 fully saturated rings. The summed E-state index contributed by atoms with van der Waals surface area (Å²) in [6.45, 7) is 13.0. The first kappa shape index (κ1) is 21.4. The van der Waals surface area contributed by atoms with Crippen LogP contribution in [0.2, 0.25) is 0 Å². The van der Waals surface area contributed by atoms with E-state index in [1.54, 1.807) is 30.3 Å². The molecule has 0 atom stereocenters. The molecule has 0 N–H and O–H groups in total. The van der Waals surface area contributed by atoms with Crippen LogP contribution >= 0.6 is 0 Å². The molecular weight excluding hydrogens is 344 g/mol. The van der Waals surface area contributed by atoms with E-state index < -0.39 is 11.9 Å². The molecule has 0 aliphatic rings. The quantitative estimate of drug-likeness (QED) is 0.384. The number of esters is 2. The largest absolute Gasteiger partial charge is 0.458 e. The van der Waals surface area contributed by atoms with Crippen LogP contribution in [0.15, 0.2) is 87.0 Å². The first-order valence-electron chi connectivity index (χ1n) is 8.05. The van der Waals surface area contributed by atoms with Crippen molar-refractivity contribution in [3.05, 3.63) is 98.1 Å². The van der Waals surface area contributed by atoms with E-state index in [4.69, 9.17) is 14.2 Å². The smallest absolute Gasteiger partial charge is 0.330 e. The number of carbonyl (C=O) groups is 2. The van der Waals surface area contributed by atoms with Gasteiger partial charge in [0.15, 0.2) is 0 Å². The van der Waals surface area contributed by atoms with Crippen molar-refractivity contribution in [2.45, 2.75) is 13.2 Å². The Morgan fingerprint density at radius 1 is 0.815 bits per heavy atom. The van der Waals surface area contributed by atoms with Crippen molar-refractivity contribution in [2.24, 2.45) is 0 Å². The normalized spacial score (nSPS) is 9.19. The Hall–Kier alpha value is -3.60. The maximum atomic E-state index is 11.2. The fourth-order valence-electron chi connectivity index (χ4n) is 1.92. The predicted octanol–water partition coefficient (Wildman–Crippen LogP) is 4.74. The van der Waals surface area contributed by atoms with Crippen LogP contribution in [0.25, 0.3) is 0 Å². The molecule has 0 aliphatic heterocycles. The van der Waals surface area contributed by atoms with E-state index >= 15 is 0 Å². The van der Waals surface area contributed by atoms with E-state index in [2.05, 4.69) is 26.3 Å². The summed E-state index contributed by atoms with van der Waals surface area (Å²) < 4.78 is 15.8. The Labute approximate surface area is 159 Å². The van der Waals surface area contributed by atoms with Crippen LogP contribution in [0.3, 0.4) is 0 Å². The number of rotatable bonds is 8. The first-order chi connectivity index (χ1) is 13.1. The Morgan fingerprint density at radius 2 is 1.37 bits per heavy atom. The molecule has 0 heterocycles. The van der Waals surface area contributed by atoms with E-state index in [1.807, 2.05) is 18.2 Å². The average Bonchev–Trinajstić information content (AvgIpc) is 2.73. The van der Waals surface area contributed by atoms with Gasteiger partial charge in [-0.3, -0.25) is 0 Å². The van der Waals surface area contributed by atoms with E-state index in [9.17, 15) is 9.59 Å². The van der Waals surface area contributed by atoms with Gasteiger partial charge in [-0.2, -0.15) is 0 Å². The monoisotopic (exact) mass is 366 g/mol. The number of benzene rings is 2. The predicted molar refractivity (Wildman–Crippen MR) is 104 cm³/mol. The van der Waals surface area contributed by atoms with Gasteiger partial charge in [0, 0.05) is 17.7 Å². The zero-order valence-corrected chi connectivity index (χ0v) is 15.1. The van der Waals surface area contributed by atoms with E-state index in [0.717, 1.165) is 23.3 Å².